The molecule has 0 amide bonds. The van der Waals surface area contributed by atoms with Gasteiger partial charge in [0.25, 0.3) is 0 Å². The lowest BCUT2D eigenvalue weighted by atomic mass is 9.96. The maximum atomic E-state index is 11.1. The number of pyridine rings is 1. The second kappa shape index (κ2) is 3.67. The summed E-state index contributed by atoms with van der Waals surface area (Å²) in [5.74, 6) is -0.132. The minimum absolute atomic E-state index is 0.132. The summed E-state index contributed by atoms with van der Waals surface area (Å²) in [6.07, 6.45) is 3.12. The Morgan fingerprint density at radius 1 is 1.55 bits per heavy atom. The van der Waals surface area contributed by atoms with Gasteiger partial charge in [0.05, 0.1) is 7.85 Å². The molecular formula is C7H5BBrNO. The van der Waals surface area contributed by atoms with Crippen LogP contribution in [0.5, 0.6) is 0 Å². The predicted octanol–water partition coefficient (Wildman–Crippen LogP) is 1.15. The molecule has 1 unspecified atom stereocenters. The van der Waals surface area contributed by atoms with E-state index in [0.29, 0.717) is 5.56 Å². The number of aromatic nitrogens is 1. The Morgan fingerprint density at radius 3 is 2.55 bits per heavy atom. The van der Waals surface area contributed by atoms with Gasteiger partial charge in [-0.1, -0.05) is 15.9 Å². The van der Waals surface area contributed by atoms with Crippen LogP contribution in [0.3, 0.4) is 0 Å². The fourth-order valence-electron chi connectivity index (χ4n) is 0.675. The van der Waals surface area contributed by atoms with Crippen molar-refractivity contribution in [2.45, 2.75) is 4.73 Å². The maximum Gasteiger partial charge on any atom is 0.167 e. The first-order valence-corrected chi connectivity index (χ1v) is 3.97. The fraction of sp³-hybridized carbons (Fsp3) is 0.143. The van der Waals surface area contributed by atoms with Crippen LogP contribution in [0.2, 0.25) is 0 Å². The van der Waals surface area contributed by atoms with Crippen LogP contribution >= 0.6 is 15.9 Å². The Hall–Kier alpha value is -0.635. The number of alkyl halides is 1. The summed E-state index contributed by atoms with van der Waals surface area (Å²) >= 11 is 2.98. The summed E-state index contributed by atoms with van der Waals surface area (Å²) in [6, 6.07) is 3.26. The SMILES string of the molecule is [B]C(Br)C(=O)c1ccncc1. The summed E-state index contributed by atoms with van der Waals surface area (Å²) in [5.41, 5.74) is 0.573. The maximum absolute atomic E-state index is 11.1. The molecule has 11 heavy (non-hydrogen) atoms. The van der Waals surface area contributed by atoms with E-state index < -0.39 is 4.73 Å². The lowest BCUT2D eigenvalue weighted by Crippen LogP contribution is -2.13. The normalized spacial score (nSPS) is 12.5. The molecule has 54 valence electrons. The number of halogens is 1. The predicted molar refractivity (Wildman–Crippen MR) is 47.0 cm³/mol. The Kier molecular flexibility index (Phi) is 2.82. The van der Waals surface area contributed by atoms with E-state index in [4.69, 9.17) is 7.85 Å². The van der Waals surface area contributed by atoms with Gasteiger partial charge in [-0.25, -0.2) is 0 Å². The van der Waals surface area contributed by atoms with Crippen LogP contribution in [0.4, 0.5) is 0 Å². The van der Waals surface area contributed by atoms with Gasteiger partial charge in [-0.2, -0.15) is 0 Å². The summed E-state index contributed by atoms with van der Waals surface area (Å²) in [5, 5.41) is 0. The van der Waals surface area contributed by atoms with Gasteiger partial charge in [0.2, 0.25) is 0 Å². The minimum atomic E-state index is -0.620. The first-order chi connectivity index (χ1) is 5.22. The first kappa shape index (κ1) is 8.46. The summed E-state index contributed by atoms with van der Waals surface area (Å²) in [4.78, 5) is 14.9. The van der Waals surface area contributed by atoms with E-state index in [1.807, 2.05) is 0 Å². The van der Waals surface area contributed by atoms with E-state index in [-0.39, 0.29) is 5.78 Å². The summed E-state index contributed by atoms with van der Waals surface area (Å²) in [7, 11) is 5.31. The smallest absolute Gasteiger partial charge is 0.167 e. The molecule has 2 nitrogen and oxygen atoms in total. The van der Waals surface area contributed by atoms with Crippen molar-refractivity contribution in [3.63, 3.8) is 0 Å². The molecular weight excluding hydrogens is 205 g/mol. The lowest BCUT2D eigenvalue weighted by Gasteiger charge is -2.00. The average Bonchev–Trinajstić information content (AvgIpc) is 2.05. The quantitative estimate of drug-likeness (QED) is 0.416. The molecule has 2 radical (unpaired) electrons. The first-order valence-electron chi connectivity index (χ1n) is 3.05. The van der Waals surface area contributed by atoms with Crippen LogP contribution in [-0.4, -0.2) is 23.3 Å². The Balaban J connectivity index is 2.86. The topological polar surface area (TPSA) is 30.0 Å². The molecule has 1 heterocycles. The molecule has 0 fully saturated rings. The van der Waals surface area contributed by atoms with E-state index in [1.165, 1.54) is 0 Å². The van der Waals surface area contributed by atoms with Gasteiger partial charge in [-0.15, -0.1) is 0 Å². The van der Waals surface area contributed by atoms with Crippen LogP contribution in [0.1, 0.15) is 10.4 Å². The highest BCUT2D eigenvalue weighted by Crippen LogP contribution is 2.05. The average molecular weight is 210 g/mol. The van der Waals surface area contributed by atoms with E-state index in [0.717, 1.165) is 0 Å². The number of carbonyl (C=O) groups excluding carboxylic acids is 1. The Morgan fingerprint density at radius 2 is 2.09 bits per heavy atom. The van der Waals surface area contributed by atoms with Gasteiger partial charge in [0, 0.05) is 22.7 Å². The van der Waals surface area contributed by atoms with Crippen molar-refractivity contribution in [2.75, 3.05) is 0 Å². The molecule has 1 aromatic rings. The van der Waals surface area contributed by atoms with Gasteiger partial charge in [-0.3, -0.25) is 9.78 Å². The zero-order valence-corrected chi connectivity index (χ0v) is 7.28. The van der Waals surface area contributed by atoms with Crippen molar-refractivity contribution in [1.29, 1.82) is 0 Å². The fourth-order valence-corrected chi connectivity index (χ4v) is 0.940. The molecule has 0 saturated carbocycles. The number of nitrogens with zero attached hydrogens (tertiary/aromatic N) is 1. The van der Waals surface area contributed by atoms with Crippen molar-refractivity contribution < 1.29 is 4.79 Å². The van der Waals surface area contributed by atoms with Gasteiger partial charge < -0.3 is 0 Å². The molecule has 1 atom stereocenters. The van der Waals surface area contributed by atoms with E-state index in [9.17, 15) is 4.79 Å². The standard InChI is InChI=1S/C7H5BBrNO/c8-7(9)6(11)5-1-3-10-4-2-5/h1-4,7H. The molecule has 0 aromatic carbocycles. The van der Waals surface area contributed by atoms with Crippen LogP contribution in [0, 0.1) is 0 Å². The Labute approximate surface area is 74.6 Å². The summed E-state index contributed by atoms with van der Waals surface area (Å²) < 4.78 is -0.620. The van der Waals surface area contributed by atoms with Crippen molar-refractivity contribution in [3.05, 3.63) is 30.1 Å². The number of carbonyl (C=O) groups is 1. The molecule has 1 aromatic heterocycles. The molecule has 0 N–H and O–H groups in total. The highest BCUT2D eigenvalue weighted by Gasteiger charge is 2.09. The zero-order valence-electron chi connectivity index (χ0n) is 5.70. The highest BCUT2D eigenvalue weighted by molar-refractivity contribution is 9.10. The van der Waals surface area contributed by atoms with E-state index in [2.05, 4.69) is 20.9 Å². The number of ketones is 1. The van der Waals surface area contributed by atoms with Crippen LogP contribution in [0.15, 0.2) is 24.5 Å². The van der Waals surface area contributed by atoms with E-state index in [1.54, 1.807) is 24.5 Å². The molecule has 0 aliphatic carbocycles. The molecule has 0 aliphatic heterocycles. The highest BCUT2D eigenvalue weighted by atomic mass is 79.9. The lowest BCUT2D eigenvalue weighted by molar-refractivity contribution is 0.101. The van der Waals surface area contributed by atoms with E-state index >= 15 is 0 Å². The molecule has 4 heteroatoms. The van der Waals surface area contributed by atoms with Gasteiger partial charge in [-0.05, 0) is 12.1 Å². The van der Waals surface area contributed by atoms with Gasteiger partial charge in [0.1, 0.15) is 0 Å². The zero-order chi connectivity index (χ0) is 8.27. The largest absolute Gasteiger partial charge is 0.294 e. The third-order valence-electron chi connectivity index (χ3n) is 1.22. The third-order valence-corrected chi connectivity index (χ3v) is 1.63. The van der Waals surface area contributed by atoms with Gasteiger partial charge >= 0.3 is 0 Å². The van der Waals surface area contributed by atoms with Crippen molar-refractivity contribution in [3.8, 4) is 0 Å². The molecule has 1 rings (SSSR count). The number of Topliss-reactive ketones (excluding diaryl/α,β-unsaturated/α-hetero) is 1. The Bertz CT molecular complexity index is 250. The molecule has 0 bridgehead atoms. The monoisotopic (exact) mass is 209 g/mol. The molecule has 0 aliphatic rings. The van der Waals surface area contributed by atoms with Crippen molar-refractivity contribution in [1.82, 2.24) is 4.98 Å². The minimum Gasteiger partial charge on any atom is -0.294 e. The van der Waals surface area contributed by atoms with Crippen LogP contribution in [-0.2, 0) is 0 Å². The number of hydrogen-bond donors (Lipinski definition) is 0. The number of rotatable bonds is 2. The van der Waals surface area contributed by atoms with Crippen LogP contribution in [0.25, 0.3) is 0 Å². The second-order valence-corrected chi connectivity index (χ2v) is 2.99. The number of hydrogen-bond acceptors (Lipinski definition) is 2. The van der Waals surface area contributed by atoms with Crippen molar-refractivity contribution in [2.24, 2.45) is 0 Å². The molecule has 0 spiro atoms. The second-order valence-electron chi connectivity index (χ2n) is 2.00. The van der Waals surface area contributed by atoms with Crippen molar-refractivity contribution >= 4 is 29.6 Å². The third kappa shape index (κ3) is 2.15. The summed E-state index contributed by atoms with van der Waals surface area (Å²) in [6.45, 7) is 0. The van der Waals surface area contributed by atoms with Gasteiger partial charge in [0.15, 0.2) is 5.78 Å². The molecule has 0 saturated heterocycles. The van der Waals surface area contributed by atoms with Crippen LogP contribution < -0.4 is 0 Å².